The van der Waals surface area contributed by atoms with Gasteiger partial charge in [0.2, 0.25) is 0 Å². The first kappa shape index (κ1) is 13.7. The fourth-order valence-corrected chi connectivity index (χ4v) is 3.46. The van der Waals surface area contributed by atoms with Gasteiger partial charge in [0, 0.05) is 55.0 Å². The molecule has 0 saturated carbocycles. The summed E-state index contributed by atoms with van der Waals surface area (Å²) in [5.41, 5.74) is 7.74. The quantitative estimate of drug-likeness (QED) is 0.886. The van der Waals surface area contributed by atoms with Gasteiger partial charge in [0.05, 0.1) is 0 Å². The first-order valence-corrected chi connectivity index (χ1v) is 7.88. The Balaban J connectivity index is 1.58. The zero-order valence-electron chi connectivity index (χ0n) is 11.1. The molecule has 1 saturated heterocycles. The first-order valence-electron chi connectivity index (χ1n) is 6.62. The lowest BCUT2D eigenvalue weighted by atomic mass is 10.2. The molecule has 2 N–H and O–H groups in total. The average Bonchev–Trinajstić information content (AvgIpc) is 2.92. The number of hydrogen-bond donors (Lipinski definition) is 1. The molecule has 2 heterocycles. The highest BCUT2D eigenvalue weighted by Crippen LogP contribution is 2.21. The van der Waals surface area contributed by atoms with E-state index in [2.05, 4.69) is 14.8 Å². The number of nitrogens with two attached hydrogens (primary N) is 1. The Bertz CT molecular complexity index is 544. The fourth-order valence-electron chi connectivity index (χ4n) is 2.49. The second-order valence-electron chi connectivity index (χ2n) is 4.97. The Morgan fingerprint density at radius 3 is 2.65 bits per heavy atom. The number of thiazole rings is 1. The van der Waals surface area contributed by atoms with Gasteiger partial charge in [0.1, 0.15) is 0 Å². The van der Waals surface area contributed by atoms with Gasteiger partial charge in [0.15, 0.2) is 5.13 Å². The maximum absolute atomic E-state index is 6.04. The van der Waals surface area contributed by atoms with Crippen molar-refractivity contribution in [3.8, 4) is 0 Å². The number of piperazine rings is 1. The van der Waals surface area contributed by atoms with Crippen LogP contribution in [0, 0.1) is 0 Å². The number of anilines is 2. The summed E-state index contributed by atoms with van der Waals surface area (Å²) in [6.45, 7) is 5.00. The Hall–Kier alpha value is -1.30. The lowest BCUT2D eigenvalue weighted by molar-refractivity contribution is 0.250. The summed E-state index contributed by atoms with van der Waals surface area (Å²) >= 11 is 7.75. The van der Waals surface area contributed by atoms with E-state index < -0.39 is 0 Å². The van der Waals surface area contributed by atoms with Crippen LogP contribution in [0.3, 0.4) is 0 Å². The van der Waals surface area contributed by atoms with Gasteiger partial charge in [-0.1, -0.05) is 11.6 Å². The van der Waals surface area contributed by atoms with Gasteiger partial charge in [-0.25, -0.2) is 4.98 Å². The molecule has 1 aromatic heterocycles. The van der Waals surface area contributed by atoms with Crippen molar-refractivity contribution < 1.29 is 0 Å². The van der Waals surface area contributed by atoms with Crippen molar-refractivity contribution in [2.24, 2.45) is 0 Å². The highest BCUT2D eigenvalue weighted by molar-refractivity contribution is 7.13. The summed E-state index contributed by atoms with van der Waals surface area (Å²) in [7, 11) is 0. The van der Waals surface area contributed by atoms with E-state index in [-0.39, 0.29) is 0 Å². The van der Waals surface area contributed by atoms with Crippen LogP contribution in [0.4, 0.5) is 10.8 Å². The maximum atomic E-state index is 6.04. The number of benzene rings is 1. The van der Waals surface area contributed by atoms with Crippen molar-refractivity contribution in [1.82, 2.24) is 9.88 Å². The lowest BCUT2D eigenvalue weighted by Gasteiger charge is -2.34. The summed E-state index contributed by atoms with van der Waals surface area (Å²) in [4.78, 5) is 9.13. The van der Waals surface area contributed by atoms with Gasteiger partial charge < -0.3 is 10.6 Å². The van der Waals surface area contributed by atoms with Crippen LogP contribution in [-0.2, 0) is 6.54 Å². The zero-order chi connectivity index (χ0) is 13.9. The zero-order valence-corrected chi connectivity index (χ0v) is 12.7. The van der Waals surface area contributed by atoms with Crippen molar-refractivity contribution in [3.05, 3.63) is 40.4 Å². The van der Waals surface area contributed by atoms with E-state index in [1.807, 2.05) is 23.7 Å². The molecule has 1 aliphatic rings. The van der Waals surface area contributed by atoms with E-state index in [9.17, 15) is 0 Å². The van der Waals surface area contributed by atoms with Crippen LogP contribution < -0.4 is 10.6 Å². The highest BCUT2D eigenvalue weighted by Gasteiger charge is 2.18. The molecule has 1 fully saturated rings. The summed E-state index contributed by atoms with van der Waals surface area (Å²) in [6, 6.07) is 5.77. The van der Waals surface area contributed by atoms with E-state index >= 15 is 0 Å². The molecule has 3 rings (SSSR count). The molecule has 106 valence electrons. The van der Waals surface area contributed by atoms with Crippen LogP contribution in [0.1, 0.15) is 5.56 Å². The molecule has 0 radical (unpaired) electrons. The summed E-state index contributed by atoms with van der Waals surface area (Å²) in [5.74, 6) is 0. The molecule has 0 unspecified atom stereocenters. The molecule has 0 bridgehead atoms. The second-order valence-corrected chi connectivity index (χ2v) is 6.28. The van der Waals surface area contributed by atoms with Crippen LogP contribution in [-0.4, -0.2) is 36.1 Å². The molecule has 1 aromatic carbocycles. The maximum Gasteiger partial charge on any atom is 0.185 e. The minimum Gasteiger partial charge on any atom is -0.399 e. The third kappa shape index (κ3) is 3.23. The molecule has 6 heteroatoms. The molecular weight excluding hydrogens is 292 g/mol. The average molecular weight is 309 g/mol. The predicted molar refractivity (Wildman–Crippen MR) is 85.5 cm³/mol. The molecular formula is C14H17ClN4S. The molecule has 0 aliphatic carbocycles. The van der Waals surface area contributed by atoms with Crippen molar-refractivity contribution in [2.75, 3.05) is 36.8 Å². The van der Waals surface area contributed by atoms with E-state index in [0.717, 1.165) is 43.5 Å². The van der Waals surface area contributed by atoms with E-state index in [1.54, 1.807) is 17.4 Å². The summed E-state index contributed by atoms with van der Waals surface area (Å²) < 4.78 is 0. The van der Waals surface area contributed by atoms with Crippen LogP contribution in [0.25, 0.3) is 0 Å². The van der Waals surface area contributed by atoms with Gasteiger partial charge in [0.25, 0.3) is 0 Å². The van der Waals surface area contributed by atoms with Crippen molar-refractivity contribution >= 4 is 33.8 Å². The minimum atomic E-state index is 0.710. The first-order chi connectivity index (χ1) is 9.70. The van der Waals surface area contributed by atoms with Crippen LogP contribution >= 0.6 is 22.9 Å². The van der Waals surface area contributed by atoms with E-state index in [1.165, 1.54) is 5.56 Å². The Labute approximate surface area is 127 Å². The Morgan fingerprint density at radius 2 is 2.00 bits per heavy atom. The Kier molecular flexibility index (Phi) is 4.10. The third-order valence-corrected chi connectivity index (χ3v) is 4.50. The number of hydrogen-bond acceptors (Lipinski definition) is 5. The normalized spacial score (nSPS) is 16.6. The van der Waals surface area contributed by atoms with Crippen LogP contribution in [0.2, 0.25) is 5.02 Å². The van der Waals surface area contributed by atoms with Gasteiger partial charge in [-0.15, -0.1) is 11.3 Å². The van der Waals surface area contributed by atoms with Gasteiger partial charge in [-0.3, -0.25) is 4.90 Å². The number of halogens is 1. The molecule has 0 atom stereocenters. The topological polar surface area (TPSA) is 45.4 Å². The fraction of sp³-hybridized carbons (Fsp3) is 0.357. The third-order valence-electron chi connectivity index (χ3n) is 3.45. The Morgan fingerprint density at radius 1 is 1.20 bits per heavy atom. The van der Waals surface area contributed by atoms with Crippen molar-refractivity contribution in [2.45, 2.75) is 6.54 Å². The molecule has 4 nitrogen and oxygen atoms in total. The monoisotopic (exact) mass is 308 g/mol. The number of aromatic nitrogens is 1. The molecule has 0 spiro atoms. The number of nitrogens with zero attached hydrogens (tertiary/aromatic N) is 3. The largest absolute Gasteiger partial charge is 0.399 e. The smallest absolute Gasteiger partial charge is 0.185 e. The number of nitrogen functional groups attached to an aromatic ring is 1. The standard InChI is InChI=1S/C14H17ClN4S/c15-12-7-11(8-13(16)9-12)10-18-2-4-19(5-3-18)14-17-1-6-20-14/h1,6-9H,2-5,10,16H2. The lowest BCUT2D eigenvalue weighted by Crippen LogP contribution is -2.45. The number of rotatable bonds is 3. The molecule has 1 aliphatic heterocycles. The molecule has 0 amide bonds. The second kappa shape index (κ2) is 5.99. The van der Waals surface area contributed by atoms with Crippen molar-refractivity contribution in [3.63, 3.8) is 0 Å². The summed E-state index contributed by atoms with van der Waals surface area (Å²) in [5, 5.41) is 3.86. The SMILES string of the molecule is Nc1cc(Cl)cc(CN2CCN(c3nccs3)CC2)c1. The van der Waals surface area contributed by atoms with Crippen molar-refractivity contribution in [1.29, 1.82) is 0 Å². The predicted octanol–water partition coefficient (Wildman–Crippen LogP) is 2.70. The molecule has 20 heavy (non-hydrogen) atoms. The van der Waals surface area contributed by atoms with Gasteiger partial charge in [-0.05, 0) is 23.8 Å². The molecule has 2 aromatic rings. The van der Waals surface area contributed by atoms with Gasteiger partial charge >= 0.3 is 0 Å². The summed E-state index contributed by atoms with van der Waals surface area (Å²) in [6.07, 6.45) is 1.86. The highest BCUT2D eigenvalue weighted by atomic mass is 35.5. The minimum absolute atomic E-state index is 0.710. The van der Waals surface area contributed by atoms with Crippen LogP contribution in [0.5, 0.6) is 0 Å². The van der Waals surface area contributed by atoms with E-state index in [0.29, 0.717) is 5.02 Å². The van der Waals surface area contributed by atoms with E-state index in [4.69, 9.17) is 17.3 Å². The van der Waals surface area contributed by atoms with Crippen LogP contribution in [0.15, 0.2) is 29.8 Å². The van der Waals surface area contributed by atoms with Gasteiger partial charge in [-0.2, -0.15) is 0 Å².